The first-order valence-electron chi connectivity index (χ1n) is 22.9. The largest absolute Gasteiger partial charge is 0.505 e. The summed E-state index contributed by atoms with van der Waals surface area (Å²) in [5.41, 5.74) is -5.42. The fourth-order valence-electron chi connectivity index (χ4n) is 8.11. The number of nitro benzene ring substituents is 1. The number of aromatic hydroxyl groups is 3. The van der Waals surface area contributed by atoms with E-state index in [1.54, 1.807) is 0 Å². The van der Waals surface area contributed by atoms with Crippen molar-refractivity contribution in [1.82, 2.24) is 9.78 Å². The quantitative estimate of drug-likeness (QED) is 0.0129. The molecule has 1 aromatic heterocycles. The smallest absolute Gasteiger partial charge is 0.358 e. The minimum absolute atomic E-state index is 0.205. The second-order valence-electron chi connectivity index (χ2n) is 17.6. The zero-order chi connectivity index (χ0) is 67.8. The van der Waals surface area contributed by atoms with Gasteiger partial charge in [0.2, 0.25) is 11.6 Å². The molecule has 8 rings (SSSR count). The summed E-state index contributed by atoms with van der Waals surface area (Å²) in [5, 5.41) is 83.4. The summed E-state index contributed by atoms with van der Waals surface area (Å²) in [5.74, 6) is -6.61. The van der Waals surface area contributed by atoms with Gasteiger partial charge in [0, 0.05) is 16.2 Å². The predicted octanol–water partition coefficient (Wildman–Crippen LogP) is 6.88. The average molecular weight is 1400 g/mol. The van der Waals surface area contributed by atoms with Crippen LogP contribution >= 0.6 is 0 Å². The third-order valence-corrected chi connectivity index (χ3v) is 18.2. The van der Waals surface area contributed by atoms with Gasteiger partial charge in [-0.05, 0) is 78.9 Å². The molecule has 0 radical (unpaired) electrons. The number of benzene rings is 7. The Bertz CT molecular complexity index is 5530. The van der Waals surface area contributed by atoms with Crippen LogP contribution in [0, 0.1) is 10.1 Å². The number of ether oxygens (including phenoxy) is 1. The van der Waals surface area contributed by atoms with E-state index in [0.717, 1.165) is 43.5 Å². The molecule has 0 saturated carbocycles. The van der Waals surface area contributed by atoms with Crippen LogP contribution in [-0.2, 0) is 70.8 Å². The molecule has 8 aromatic rings. The fraction of sp³-hybridized carbons (Fsp3) is 0.0233. The van der Waals surface area contributed by atoms with Crippen LogP contribution in [0.5, 0.6) is 23.1 Å². The summed E-state index contributed by atoms with van der Waals surface area (Å²) >= 11 is 0. The van der Waals surface area contributed by atoms with Crippen molar-refractivity contribution in [2.45, 2.75) is 34.3 Å². The normalized spacial score (nSPS) is 13.2. The van der Waals surface area contributed by atoms with Crippen molar-refractivity contribution in [3.8, 4) is 28.8 Å². The Kier molecular flexibility index (Phi) is 17.2. The van der Waals surface area contributed by atoms with E-state index in [9.17, 15) is 126 Å². The zero-order valence-corrected chi connectivity index (χ0v) is 49.4. The SMILES string of the molecule is COc1cc([N+](=O)[O-])c(S(=O)(=O)O)cc1N=Nc1c(S(=O)(=O)O)cc2c(S(=O)(=O)O)cc(N=Nc3ccc4c(O)c(N=Nc5ccc(N=Nc6c(C(=O)O)nn(-c7ccc(S(=O)(=O)O)cc7)c6O)c(S(=O)(=O)O)c5)c(S(=O)(=O)O)cc4c3S(=O)(=O)O)c(N)c2c1O. The number of nitrogens with two attached hydrogens (primary N) is 1. The van der Waals surface area contributed by atoms with Crippen molar-refractivity contribution in [3.63, 3.8) is 0 Å². The number of carboxylic acid groups (broad SMARTS) is 1. The van der Waals surface area contributed by atoms with Crippen molar-refractivity contribution in [2.24, 2.45) is 40.9 Å². The fourth-order valence-corrected chi connectivity index (χ4v) is 12.7. The van der Waals surface area contributed by atoms with Crippen molar-refractivity contribution >= 4 is 155 Å². The molecule has 41 nitrogen and oxygen atoms in total. The Hall–Kier alpha value is -10.1. The van der Waals surface area contributed by atoms with Crippen molar-refractivity contribution in [3.05, 3.63) is 101 Å². The molecule has 0 aliphatic heterocycles. The maximum atomic E-state index is 13.1. The lowest BCUT2D eigenvalue weighted by Crippen LogP contribution is -2.05. The standard InChI is InChI=1S/C43H30N12O29S7/c1-84-27-15-26(55(61)62)30(88(72,73)74)13-24(27)48-51-36-32(90(78,79)80)12-21-28(86(66,67)68)14-25(34(44)33(21)40(36)57)49-47-23-9-7-19-20(41(23)91(81,82)83)11-31(89(75,76)77)35(39(19)56)50-45-16-2-8-22(29(10-16)87(69,70)71)46-52-37-38(43(59)60)53-54(42(37)58)17-3-5-18(6-4-17)85(63,64)65/h2-15,56-58H,44H2,1H3,(H,59,60)(H,63,64,65)(H,66,67,68)(H,69,70,71)(H,72,73,74)(H,75,76,77)(H,78,79,80)(H,81,82,83). The number of anilines is 1. The number of nitro groups is 1. The van der Waals surface area contributed by atoms with Gasteiger partial charge in [-0.3, -0.25) is 42.0 Å². The van der Waals surface area contributed by atoms with Gasteiger partial charge in [0.05, 0.1) is 45.4 Å². The van der Waals surface area contributed by atoms with Gasteiger partial charge in [-0.2, -0.15) is 73.8 Å². The Morgan fingerprint density at radius 1 is 0.516 bits per heavy atom. The van der Waals surface area contributed by atoms with Gasteiger partial charge in [0.25, 0.3) is 66.4 Å². The van der Waals surface area contributed by atoms with E-state index in [0.29, 0.717) is 41.1 Å². The third-order valence-electron chi connectivity index (χ3n) is 12.0. The number of azo groups is 4. The van der Waals surface area contributed by atoms with Crippen LogP contribution in [0.15, 0.2) is 160 Å². The highest BCUT2D eigenvalue weighted by Crippen LogP contribution is 2.51. The maximum absolute atomic E-state index is 13.1. The van der Waals surface area contributed by atoms with E-state index in [-0.39, 0.29) is 17.8 Å². The molecule has 7 aromatic carbocycles. The van der Waals surface area contributed by atoms with Crippen molar-refractivity contribution < 1.29 is 126 Å². The van der Waals surface area contributed by atoms with Crippen LogP contribution in [0.2, 0.25) is 0 Å². The molecular weight excluding hydrogens is 1370 g/mol. The molecule has 0 spiro atoms. The van der Waals surface area contributed by atoms with Gasteiger partial charge in [0.1, 0.15) is 58.6 Å². The predicted molar refractivity (Wildman–Crippen MR) is 299 cm³/mol. The van der Waals surface area contributed by atoms with E-state index in [4.69, 9.17) is 10.5 Å². The number of nitrogens with zero attached hydrogens (tertiary/aromatic N) is 11. The molecule has 0 bridgehead atoms. The van der Waals surface area contributed by atoms with Gasteiger partial charge < -0.3 is 30.9 Å². The number of hydrogen-bond donors (Lipinski definition) is 12. The first-order chi connectivity index (χ1) is 41.8. The second kappa shape index (κ2) is 23.4. The van der Waals surface area contributed by atoms with Gasteiger partial charge in [-0.15, -0.1) is 35.8 Å². The molecule has 0 unspecified atom stereocenters. The Balaban J connectivity index is 1.23. The number of aromatic carboxylic acids is 1. The summed E-state index contributed by atoms with van der Waals surface area (Å²) in [6, 6.07) is 8.51. The molecule has 0 fully saturated rings. The van der Waals surface area contributed by atoms with Crippen molar-refractivity contribution in [2.75, 3.05) is 12.8 Å². The molecule has 13 N–H and O–H groups in total. The Morgan fingerprint density at radius 3 is 1.54 bits per heavy atom. The monoisotopic (exact) mass is 1400 g/mol. The van der Waals surface area contributed by atoms with Crippen LogP contribution in [-0.4, -0.2) is 139 Å². The molecule has 91 heavy (non-hydrogen) atoms. The van der Waals surface area contributed by atoms with E-state index in [1.807, 2.05) is 0 Å². The molecule has 0 atom stereocenters. The Labute approximate surface area is 505 Å². The lowest BCUT2D eigenvalue weighted by Gasteiger charge is -2.15. The van der Waals surface area contributed by atoms with E-state index < -0.39 is 223 Å². The highest BCUT2D eigenvalue weighted by molar-refractivity contribution is 7.87. The number of nitrogen functional groups attached to an aromatic ring is 1. The maximum Gasteiger partial charge on any atom is 0.358 e. The van der Waals surface area contributed by atoms with E-state index >= 15 is 0 Å². The third kappa shape index (κ3) is 13.4. The highest BCUT2D eigenvalue weighted by atomic mass is 32.2. The van der Waals surface area contributed by atoms with Crippen LogP contribution in [0.4, 0.5) is 56.9 Å². The minimum Gasteiger partial charge on any atom is -0.505 e. The van der Waals surface area contributed by atoms with Gasteiger partial charge >= 0.3 is 16.1 Å². The number of phenols is 2. The number of hydrogen-bond acceptors (Lipinski definition) is 31. The first-order valence-corrected chi connectivity index (χ1v) is 33.0. The minimum atomic E-state index is -5.81. The molecular formula is C43H30N12O29S7. The number of fused-ring (bicyclic) bond motifs is 2. The lowest BCUT2D eigenvalue weighted by atomic mass is 10.0. The van der Waals surface area contributed by atoms with Crippen molar-refractivity contribution in [1.29, 1.82) is 0 Å². The average Bonchev–Trinajstić information content (AvgIpc) is 1.25. The van der Waals surface area contributed by atoms with Gasteiger partial charge in [-0.25, -0.2) is 4.79 Å². The molecule has 0 amide bonds. The van der Waals surface area contributed by atoms with E-state index in [2.05, 4.69) is 46.0 Å². The van der Waals surface area contributed by atoms with E-state index in [1.165, 1.54) is 0 Å². The molecule has 0 aliphatic rings. The summed E-state index contributed by atoms with van der Waals surface area (Å²) in [6.07, 6.45) is 0. The summed E-state index contributed by atoms with van der Waals surface area (Å²) in [7, 11) is -37.7. The number of phenolic OH excluding ortho intramolecular Hbond substituents is 2. The molecule has 48 heteroatoms. The number of aromatic nitrogens is 2. The van der Waals surface area contributed by atoms with Crippen LogP contribution in [0.1, 0.15) is 10.5 Å². The van der Waals surface area contributed by atoms with Gasteiger partial charge in [0.15, 0.2) is 27.8 Å². The number of methoxy groups -OCH3 is 1. The number of carbonyl (C=O) groups is 1. The number of carboxylic acids is 1. The summed E-state index contributed by atoms with van der Waals surface area (Å²) in [6.45, 7) is 0. The molecule has 0 saturated heterocycles. The first kappa shape index (κ1) is 66.9. The highest BCUT2D eigenvalue weighted by Gasteiger charge is 2.33. The second-order valence-corrected chi connectivity index (χ2v) is 27.4. The van der Waals surface area contributed by atoms with Crippen LogP contribution < -0.4 is 10.5 Å². The summed E-state index contributed by atoms with van der Waals surface area (Å²) in [4.78, 5) is 13.1. The lowest BCUT2D eigenvalue weighted by molar-refractivity contribution is -0.388. The van der Waals surface area contributed by atoms with Gasteiger partial charge in [-0.1, -0.05) is 0 Å². The van der Waals surface area contributed by atoms with Crippen LogP contribution in [0.25, 0.3) is 27.2 Å². The molecule has 0 aliphatic carbocycles. The summed E-state index contributed by atoms with van der Waals surface area (Å²) < 4.78 is 251. The number of rotatable bonds is 19. The zero-order valence-electron chi connectivity index (χ0n) is 43.7. The van der Waals surface area contributed by atoms with Crippen LogP contribution in [0.3, 0.4) is 0 Å². The Morgan fingerprint density at radius 2 is 1.01 bits per heavy atom. The molecule has 1 heterocycles. The topological polar surface area (TPSA) is 674 Å². The molecule has 478 valence electrons.